The highest BCUT2D eigenvalue weighted by Crippen LogP contribution is 2.22. The molecule has 1 aliphatic rings. The first-order chi connectivity index (χ1) is 11.1. The Labute approximate surface area is 148 Å². The van der Waals surface area contributed by atoms with E-state index < -0.39 is 23.0 Å². The third kappa shape index (κ3) is 7.42. The van der Waals surface area contributed by atoms with E-state index in [-0.39, 0.29) is 30.8 Å². The Bertz CT molecular complexity index is 464. The number of amides is 2. The maximum atomic E-state index is 12.1. The molecule has 1 fully saturated rings. The number of rotatable bonds is 7. The number of ether oxygens (including phenoxy) is 2. The minimum absolute atomic E-state index is 0.0392. The van der Waals surface area contributed by atoms with Crippen molar-refractivity contribution in [2.45, 2.75) is 63.9 Å². The van der Waals surface area contributed by atoms with E-state index >= 15 is 0 Å². The molecule has 138 valence electrons. The highest BCUT2D eigenvalue weighted by atomic mass is 32.1. The van der Waals surface area contributed by atoms with Crippen LogP contribution in [0.2, 0.25) is 0 Å². The molecule has 24 heavy (non-hydrogen) atoms. The van der Waals surface area contributed by atoms with Gasteiger partial charge < -0.3 is 20.1 Å². The van der Waals surface area contributed by atoms with Gasteiger partial charge in [-0.3, -0.25) is 9.59 Å². The molecule has 0 radical (unpaired) electrons. The molecule has 3 atom stereocenters. The fourth-order valence-electron chi connectivity index (χ4n) is 2.48. The second-order valence-corrected chi connectivity index (χ2v) is 7.50. The molecular formula is C16H28N2O5S. The largest absolute Gasteiger partial charge is 0.466 e. The molecule has 8 heteroatoms. The standard InChI is InChI=1S/C16H28N2O5S/c1-5-22-13(19)9-12(24)11(8-10-6-7-17-14(10)20)18-15(21)23-16(2,3)4/h10-12,24H,5-9H2,1-4H3,(H,17,20)(H,18,21)/t10-,11+,12+/m1/s1. The van der Waals surface area contributed by atoms with Crippen molar-refractivity contribution in [2.24, 2.45) is 5.92 Å². The fraction of sp³-hybridized carbons (Fsp3) is 0.812. The highest BCUT2D eigenvalue weighted by molar-refractivity contribution is 7.81. The Balaban J connectivity index is 2.72. The molecule has 1 rings (SSSR count). The van der Waals surface area contributed by atoms with Crippen molar-refractivity contribution in [1.82, 2.24) is 10.6 Å². The van der Waals surface area contributed by atoms with Crippen molar-refractivity contribution < 1.29 is 23.9 Å². The molecule has 1 heterocycles. The van der Waals surface area contributed by atoms with E-state index in [1.807, 2.05) is 0 Å². The molecule has 0 aromatic rings. The SMILES string of the molecule is CCOC(=O)C[C@H](S)[C@H](C[C@H]1CCNC1=O)NC(=O)OC(C)(C)C. The molecule has 0 spiro atoms. The molecule has 2 amide bonds. The molecule has 0 aromatic heterocycles. The molecule has 0 aromatic carbocycles. The van der Waals surface area contributed by atoms with E-state index in [0.29, 0.717) is 19.4 Å². The Kier molecular flexibility index (Phi) is 7.86. The number of alkyl carbamates (subject to hydrolysis) is 1. The number of carbonyl (C=O) groups is 3. The first kappa shape index (κ1) is 20.6. The van der Waals surface area contributed by atoms with Crippen LogP contribution in [0.25, 0.3) is 0 Å². The van der Waals surface area contributed by atoms with Crippen molar-refractivity contribution in [2.75, 3.05) is 13.2 Å². The maximum absolute atomic E-state index is 12.1. The zero-order chi connectivity index (χ0) is 18.3. The minimum Gasteiger partial charge on any atom is -0.466 e. The van der Waals surface area contributed by atoms with Gasteiger partial charge in [-0.05, 0) is 40.5 Å². The normalized spacial score (nSPS) is 20.0. The third-order valence-electron chi connectivity index (χ3n) is 3.55. The number of carbonyl (C=O) groups excluding carboxylic acids is 3. The number of hydrogen-bond acceptors (Lipinski definition) is 6. The van der Waals surface area contributed by atoms with Crippen molar-refractivity contribution in [1.29, 1.82) is 0 Å². The van der Waals surface area contributed by atoms with Crippen LogP contribution in [0.3, 0.4) is 0 Å². The van der Waals surface area contributed by atoms with Crippen LogP contribution in [0.4, 0.5) is 4.79 Å². The zero-order valence-corrected chi connectivity index (χ0v) is 15.7. The number of thiol groups is 1. The van der Waals surface area contributed by atoms with Crippen molar-refractivity contribution in [3.8, 4) is 0 Å². The van der Waals surface area contributed by atoms with Crippen molar-refractivity contribution in [3.05, 3.63) is 0 Å². The summed E-state index contributed by atoms with van der Waals surface area (Å²) in [6, 6.07) is -0.471. The summed E-state index contributed by atoms with van der Waals surface area (Å²) in [5.74, 6) is -0.631. The average Bonchev–Trinajstić information content (AvgIpc) is 2.81. The van der Waals surface area contributed by atoms with E-state index in [4.69, 9.17) is 9.47 Å². The summed E-state index contributed by atoms with van der Waals surface area (Å²) in [6.45, 7) is 7.94. The lowest BCUT2D eigenvalue weighted by Crippen LogP contribution is -2.46. The zero-order valence-electron chi connectivity index (χ0n) is 14.8. The summed E-state index contributed by atoms with van der Waals surface area (Å²) in [7, 11) is 0. The highest BCUT2D eigenvalue weighted by Gasteiger charge is 2.32. The third-order valence-corrected chi connectivity index (χ3v) is 4.09. The second kappa shape index (κ2) is 9.15. The molecule has 0 bridgehead atoms. The predicted molar refractivity (Wildman–Crippen MR) is 92.9 cm³/mol. The quantitative estimate of drug-likeness (QED) is 0.474. The summed E-state index contributed by atoms with van der Waals surface area (Å²) in [5.41, 5.74) is -0.632. The minimum atomic E-state index is -0.632. The summed E-state index contributed by atoms with van der Waals surface area (Å²) in [5, 5.41) is 5.04. The summed E-state index contributed by atoms with van der Waals surface area (Å²) < 4.78 is 10.2. The average molecular weight is 360 g/mol. The van der Waals surface area contributed by atoms with Crippen LogP contribution >= 0.6 is 12.6 Å². The Morgan fingerprint density at radius 1 is 1.42 bits per heavy atom. The van der Waals surface area contributed by atoms with Crippen LogP contribution in [0, 0.1) is 5.92 Å². The number of esters is 1. The van der Waals surface area contributed by atoms with Crippen molar-refractivity contribution in [3.63, 3.8) is 0 Å². The molecule has 0 aliphatic carbocycles. The van der Waals surface area contributed by atoms with E-state index in [1.54, 1.807) is 27.7 Å². The van der Waals surface area contributed by atoms with Gasteiger partial charge >= 0.3 is 12.1 Å². The van der Waals surface area contributed by atoms with E-state index in [0.717, 1.165) is 0 Å². The molecular weight excluding hydrogens is 332 g/mol. The Morgan fingerprint density at radius 3 is 2.58 bits per heavy atom. The fourth-order valence-corrected chi connectivity index (χ4v) is 2.83. The second-order valence-electron chi connectivity index (χ2n) is 6.84. The van der Waals surface area contributed by atoms with Crippen LogP contribution in [0.1, 0.15) is 47.0 Å². The van der Waals surface area contributed by atoms with E-state index in [1.165, 1.54) is 0 Å². The Hall–Kier alpha value is -1.44. The first-order valence-electron chi connectivity index (χ1n) is 8.23. The van der Waals surface area contributed by atoms with Gasteiger partial charge in [0.25, 0.3) is 0 Å². The lowest BCUT2D eigenvalue weighted by Gasteiger charge is -2.28. The van der Waals surface area contributed by atoms with Gasteiger partial charge in [0.2, 0.25) is 5.91 Å². The lowest BCUT2D eigenvalue weighted by molar-refractivity contribution is -0.143. The van der Waals surface area contributed by atoms with Crippen LogP contribution < -0.4 is 10.6 Å². The maximum Gasteiger partial charge on any atom is 0.407 e. The number of nitrogens with one attached hydrogen (secondary N) is 2. The van der Waals surface area contributed by atoms with E-state index in [9.17, 15) is 14.4 Å². The molecule has 1 saturated heterocycles. The summed E-state index contributed by atoms with van der Waals surface area (Å²) in [6.07, 6.45) is 0.559. The number of hydrogen-bond donors (Lipinski definition) is 3. The molecule has 0 unspecified atom stereocenters. The van der Waals surface area contributed by atoms with Gasteiger partial charge in [0.05, 0.1) is 13.0 Å². The van der Waals surface area contributed by atoms with Crippen LogP contribution in [0.15, 0.2) is 0 Å². The van der Waals surface area contributed by atoms with Gasteiger partial charge in [0.15, 0.2) is 0 Å². The molecule has 2 N–H and O–H groups in total. The smallest absolute Gasteiger partial charge is 0.407 e. The van der Waals surface area contributed by atoms with Crippen LogP contribution in [-0.4, -0.2) is 48.0 Å². The van der Waals surface area contributed by atoms with Gasteiger partial charge in [0.1, 0.15) is 5.60 Å². The van der Waals surface area contributed by atoms with Gasteiger partial charge in [-0.1, -0.05) is 0 Å². The monoisotopic (exact) mass is 360 g/mol. The van der Waals surface area contributed by atoms with Crippen molar-refractivity contribution >= 4 is 30.6 Å². The van der Waals surface area contributed by atoms with Gasteiger partial charge in [-0.25, -0.2) is 4.79 Å². The predicted octanol–water partition coefficient (Wildman–Crippen LogP) is 1.66. The van der Waals surface area contributed by atoms with Crippen LogP contribution in [-0.2, 0) is 19.1 Å². The summed E-state index contributed by atoms with van der Waals surface area (Å²) >= 11 is 4.44. The van der Waals surface area contributed by atoms with Crippen LogP contribution in [0.5, 0.6) is 0 Å². The molecule has 1 aliphatic heterocycles. The topological polar surface area (TPSA) is 93.7 Å². The van der Waals surface area contributed by atoms with E-state index in [2.05, 4.69) is 23.3 Å². The first-order valence-corrected chi connectivity index (χ1v) is 8.75. The van der Waals surface area contributed by atoms with Gasteiger partial charge in [0, 0.05) is 23.8 Å². The summed E-state index contributed by atoms with van der Waals surface area (Å²) in [4.78, 5) is 35.5. The van der Waals surface area contributed by atoms with Gasteiger partial charge in [-0.2, -0.15) is 12.6 Å². The molecule has 7 nitrogen and oxygen atoms in total. The molecule has 0 saturated carbocycles. The Morgan fingerprint density at radius 2 is 2.08 bits per heavy atom. The lowest BCUT2D eigenvalue weighted by atomic mass is 9.95. The van der Waals surface area contributed by atoms with Gasteiger partial charge in [-0.15, -0.1) is 0 Å².